The molecular formula is C17H22N4. The van der Waals surface area contributed by atoms with Crippen LogP contribution in [0.5, 0.6) is 0 Å². The second-order valence-corrected chi connectivity index (χ2v) is 5.80. The second kappa shape index (κ2) is 6.12. The van der Waals surface area contributed by atoms with E-state index in [2.05, 4.69) is 41.2 Å². The van der Waals surface area contributed by atoms with Crippen LogP contribution >= 0.6 is 0 Å². The van der Waals surface area contributed by atoms with Crippen LogP contribution in [0.25, 0.3) is 11.3 Å². The van der Waals surface area contributed by atoms with E-state index in [1.807, 2.05) is 24.3 Å². The van der Waals surface area contributed by atoms with Crippen LogP contribution in [0.1, 0.15) is 26.7 Å². The summed E-state index contributed by atoms with van der Waals surface area (Å²) in [6.07, 6.45) is 2.46. The first kappa shape index (κ1) is 13.9. The number of nitrogens with zero attached hydrogens (tertiary/aromatic N) is 3. The summed E-state index contributed by atoms with van der Waals surface area (Å²) in [4.78, 5) is 11.7. The molecular weight excluding hydrogens is 260 g/mol. The van der Waals surface area contributed by atoms with E-state index < -0.39 is 0 Å². The molecule has 2 heterocycles. The van der Waals surface area contributed by atoms with Crippen LogP contribution in [-0.4, -0.2) is 29.1 Å². The van der Waals surface area contributed by atoms with Crippen LogP contribution < -0.4 is 10.2 Å². The number of nitrogens with one attached hydrogen (secondary N) is 1. The van der Waals surface area contributed by atoms with Gasteiger partial charge in [-0.2, -0.15) is 4.98 Å². The van der Waals surface area contributed by atoms with Crippen LogP contribution in [0.4, 0.5) is 11.8 Å². The van der Waals surface area contributed by atoms with Gasteiger partial charge in [-0.05, 0) is 26.7 Å². The number of rotatable bonds is 4. The largest absolute Gasteiger partial charge is 0.368 e. The fraction of sp³-hybridized carbons (Fsp3) is 0.412. The van der Waals surface area contributed by atoms with E-state index in [9.17, 15) is 0 Å². The maximum absolute atomic E-state index is 4.77. The molecule has 0 saturated carbocycles. The molecule has 0 atom stereocenters. The van der Waals surface area contributed by atoms with Gasteiger partial charge >= 0.3 is 0 Å². The molecule has 1 aliphatic heterocycles. The lowest BCUT2D eigenvalue weighted by Gasteiger charge is -2.18. The molecule has 0 bridgehead atoms. The Morgan fingerprint density at radius 3 is 2.43 bits per heavy atom. The maximum atomic E-state index is 4.77. The summed E-state index contributed by atoms with van der Waals surface area (Å²) in [6, 6.07) is 12.7. The molecule has 0 radical (unpaired) electrons. The average molecular weight is 282 g/mol. The third kappa shape index (κ3) is 3.32. The van der Waals surface area contributed by atoms with Crippen molar-refractivity contribution in [1.29, 1.82) is 0 Å². The third-order valence-corrected chi connectivity index (χ3v) is 3.61. The van der Waals surface area contributed by atoms with Gasteiger partial charge in [0.1, 0.15) is 5.82 Å². The average Bonchev–Trinajstić information content (AvgIpc) is 3.01. The van der Waals surface area contributed by atoms with Crippen LogP contribution in [0.15, 0.2) is 36.4 Å². The first-order valence-electron chi connectivity index (χ1n) is 7.68. The van der Waals surface area contributed by atoms with Gasteiger partial charge < -0.3 is 10.2 Å². The van der Waals surface area contributed by atoms with Crippen molar-refractivity contribution in [2.75, 3.05) is 23.3 Å². The Kier molecular flexibility index (Phi) is 4.04. The summed E-state index contributed by atoms with van der Waals surface area (Å²) in [7, 11) is 0. The molecule has 1 aromatic heterocycles. The van der Waals surface area contributed by atoms with Crippen molar-refractivity contribution in [1.82, 2.24) is 9.97 Å². The molecule has 4 nitrogen and oxygen atoms in total. The Morgan fingerprint density at radius 2 is 1.76 bits per heavy atom. The molecule has 1 aromatic carbocycles. The van der Waals surface area contributed by atoms with Crippen LogP contribution in [0.3, 0.4) is 0 Å². The van der Waals surface area contributed by atoms with E-state index in [1.54, 1.807) is 0 Å². The zero-order valence-corrected chi connectivity index (χ0v) is 12.7. The molecule has 110 valence electrons. The maximum Gasteiger partial charge on any atom is 0.227 e. The molecule has 0 unspecified atom stereocenters. The van der Waals surface area contributed by atoms with Crippen LogP contribution in [0, 0.1) is 0 Å². The van der Waals surface area contributed by atoms with Crippen LogP contribution in [-0.2, 0) is 0 Å². The van der Waals surface area contributed by atoms with Crippen molar-refractivity contribution in [2.24, 2.45) is 0 Å². The van der Waals surface area contributed by atoms with Gasteiger partial charge in [0.05, 0.1) is 5.69 Å². The van der Waals surface area contributed by atoms with Gasteiger partial charge in [-0.15, -0.1) is 0 Å². The van der Waals surface area contributed by atoms with E-state index >= 15 is 0 Å². The highest BCUT2D eigenvalue weighted by Gasteiger charge is 2.17. The highest BCUT2D eigenvalue weighted by molar-refractivity contribution is 5.64. The standard InChI is InChI=1S/C17H22N4/c1-13(2)18-16-12-15(14-8-4-3-5-9-14)19-17(20-16)21-10-6-7-11-21/h3-5,8-9,12-13H,6-7,10-11H2,1-2H3,(H,18,19,20). The van der Waals surface area contributed by atoms with E-state index in [0.717, 1.165) is 36.1 Å². The number of aromatic nitrogens is 2. The van der Waals surface area contributed by atoms with E-state index in [1.165, 1.54) is 12.8 Å². The van der Waals surface area contributed by atoms with Gasteiger partial charge in [-0.1, -0.05) is 30.3 Å². The normalized spacial score (nSPS) is 14.7. The Hall–Kier alpha value is -2.10. The van der Waals surface area contributed by atoms with E-state index in [4.69, 9.17) is 4.98 Å². The summed E-state index contributed by atoms with van der Waals surface area (Å²) < 4.78 is 0. The first-order chi connectivity index (χ1) is 10.2. The van der Waals surface area contributed by atoms with Gasteiger partial charge in [-0.25, -0.2) is 4.98 Å². The topological polar surface area (TPSA) is 41.1 Å². The molecule has 1 saturated heterocycles. The van der Waals surface area contributed by atoms with Gasteiger partial charge in [-0.3, -0.25) is 0 Å². The van der Waals surface area contributed by atoms with Crippen molar-refractivity contribution >= 4 is 11.8 Å². The minimum atomic E-state index is 0.356. The Morgan fingerprint density at radius 1 is 1.05 bits per heavy atom. The van der Waals surface area contributed by atoms with Crippen molar-refractivity contribution in [3.63, 3.8) is 0 Å². The quantitative estimate of drug-likeness (QED) is 0.931. The number of anilines is 2. The molecule has 0 amide bonds. The Balaban J connectivity index is 2.00. The van der Waals surface area contributed by atoms with Crippen molar-refractivity contribution < 1.29 is 0 Å². The summed E-state index contributed by atoms with van der Waals surface area (Å²) in [5.74, 6) is 1.75. The predicted octanol–water partition coefficient (Wildman–Crippen LogP) is 3.56. The lowest BCUT2D eigenvalue weighted by atomic mass is 10.1. The highest BCUT2D eigenvalue weighted by Crippen LogP contribution is 2.25. The summed E-state index contributed by atoms with van der Waals surface area (Å²) in [6.45, 7) is 6.36. The molecule has 21 heavy (non-hydrogen) atoms. The summed E-state index contributed by atoms with van der Waals surface area (Å²) >= 11 is 0. The monoisotopic (exact) mass is 282 g/mol. The predicted molar refractivity (Wildman–Crippen MR) is 87.7 cm³/mol. The molecule has 3 rings (SSSR count). The van der Waals surface area contributed by atoms with Crippen molar-refractivity contribution in [3.8, 4) is 11.3 Å². The summed E-state index contributed by atoms with van der Waals surface area (Å²) in [5, 5.41) is 3.40. The minimum absolute atomic E-state index is 0.356. The molecule has 1 fully saturated rings. The fourth-order valence-electron chi connectivity index (χ4n) is 2.62. The van der Waals surface area contributed by atoms with Gasteiger partial charge in [0.25, 0.3) is 0 Å². The SMILES string of the molecule is CC(C)Nc1cc(-c2ccccc2)nc(N2CCCC2)n1. The lowest BCUT2D eigenvalue weighted by molar-refractivity contribution is 0.867. The minimum Gasteiger partial charge on any atom is -0.368 e. The van der Waals surface area contributed by atoms with E-state index in [0.29, 0.717) is 6.04 Å². The first-order valence-corrected chi connectivity index (χ1v) is 7.68. The zero-order chi connectivity index (χ0) is 14.7. The van der Waals surface area contributed by atoms with Crippen molar-refractivity contribution in [3.05, 3.63) is 36.4 Å². The molecule has 1 aliphatic rings. The number of benzene rings is 1. The molecule has 0 spiro atoms. The molecule has 4 heteroatoms. The number of hydrogen-bond acceptors (Lipinski definition) is 4. The second-order valence-electron chi connectivity index (χ2n) is 5.80. The lowest BCUT2D eigenvalue weighted by Crippen LogP contribution is -2.22. The Labute approximate surface area is 126 Å². The van der Waals surface area contributed by atoms with Crippen molar-refractivity contribution in [2.45, 2.75) is 32.7 Å². The smallest absolute Gasteiger partial charge is 0.227 e. The number of hydrogen-bond donors (Lipinski definition) is 1. The van der Waals surface area contributed by atoms with Gasteiger partial charge in [0.15, 0.2) is 0 Å². The molecule has 1 N–H and O–H groups in total. The Bertz CT molecular complexity index is 589. The zero-order valence-electron chi connectivity index (χ0n) is 12.7. The van der Waals surface area contributed by atoms with Gasteiger partial charge in [0, 0.05) is 30.8 Å². The molecule has 2 aromatic rings. The van der Waals surface area contributed by atoms with E-state index in [-0.39, 0.29) is 0 Å². The highest BCUT2D eigenvalue weighted by atomic mass is 15.3. The van der Waals surface area contributed by atoms with Gasteiger partial charge in [0.2, 0.25) is 5.95 Å². The van der Waals surface area contributed by atoms with Crippen LogP contribution in [0.2, 0.25) is 0 Å². The summed E-state index contributed by atoms with van der Waals surface area (Å²) in [5.41, 5.74) is 2.11. The third-order valence-electron chi connectivity index (χ3n) is 3.61. The molecule has 0 aliphatic carbocycles. The fourth-order valence-corrected chi connectivity index (χ4v) is 2.62.